The number of primary amides is 1. The first-order chi connectivity index (χ1) is 4.54. The fourth-order valence-corrected chi connectivity index (χ4v) is 0.669. The zero-order chi connectivity index (χ0) is 8.15. The van der Waals surface area contributed by atoms with E-state index >= 15 is 0 Å². The van der Waals surface area contributed by atoms with E-state index in [0.29, 0.717) is 0 Å². The number of nitrogens with two attached hydrogens (primary N) is 1. The molecule has 0 spiro atoms. The van der Waals surface area contributed by atoms with Crippen molar-refractivity contribution in [2.75, 3.05) is 0 Å². The van der Waals surface area contributed by atoms with Gasteiger partial charge in [-0.3, -0.25) is 9.59 Å². The molecule has 0 saturated heterocycles. The quantitative estimate of drug-likeness (QED) is 0.770. The Morgan fingerprint density at radius 1 is 1.30 bits per heavy atom. The number of carbonyl (C=O) groups is 2. The maximum absolute atomic E-state index is 10.7. The Labute approximate surface area is 75.4 Å². The minimum Gasteiger partial charge on any atom is -0.370 e. The summed E-state index contributed by atoms with van der Waals surface area (Å²) in [5.41, 5.74) is 4.80. The van der Waals surface area contributed by atoms with Crippen LogP contribution in [-0.4, -0.2) is 14.8 Å². The van der Waals surface area contributed by atoms with Gasteiger partial charge in [0.1, 0.15) is 0 Å². The molecule has 0 bridgehead atoms. The van der Waals surface area contributed by atoms with Crippen LogP contribution in [0.3, 0.4) is 0 Å². The van der Waals surface area contributed by atoms with E-state index in [9.17, 15) is 9.59 Å². The summed E-state index contributed by atoms with van der Waals surface area (Å²) in [4.78, 5) is 20.8. The molecule has 2 N–H and O–H groups in total. The third-order valence-corrected chi connectivity index (χ3v) is 1.56. The van der Waals surface area contributed by atoms with Gasteiger partial charge in [-0.1, -0.05) is 0 Å². The monoisotopic (exact) mass is 272 g/mol. The summed E-state index contributed by atoms with van der Waals surface area (Å²) in [6.45, 7) is 0. The molecule has 0 aromatic rings. The highest BCUT2D eigenvalue weighted by atomic mass is 79.9. The largest absolute Gasteiger partial charge is 0.370 e. The molecule has 0 aliphatic heterocycles. The van der Waals surface area contributed by atoms with Crippen molar-refractivity contribution in [3.05, 3.63) is 0 Å². The van der Waals surface area contributed by atoms with Gasteiger partial charge in [0.25, 0.3) is 0 Å². The molecule has 0 aromatic heterocycles. The van der Waals surface area contributed by atoms with Crippen molar-refractivity contribution in [3.8, 4) is 0 Å². The van der Waals surface area contributed by atoms with E-state index < -0.39 is 5.91 Å². The molecule has 0 rings (SSSR count). The molecule has 0 aliphatic carbocycles. The van der Waals surface area contributed by atoms with Crippen LogP contribution in [0.15, 0.2) is 0 Å². The lowest BCUT2D eigenvalue weighted by molar-refractivity contribution is -0.125. The number of nitrogens with zero attached hydrogens (tertiary/aromatic N) is 1. The summed E-state index contributed by atoms with van der Waals surface area (Å²) in [6.07, 6.45) is 0.193. The van der Waals surface area contributed by atoms with E-state index in [1.165, 1.54) is 0 Å². The van der Waals surface area contributed by atoms with Crippen LogP contribution in [0.1, 0.15) is 12.8 Å². The minimum absolute atomic E-state index is 0.0759. The van der Waals surface area contributed by atoms with Crippen molar-refractivity contribution < 1.29 is 9.59 Å². The summed E-state index contributed by atoms with van der Waals surface area (Å²) < 4.78 is 1.06. The van der Waals surface area contributed by atoms with Crippen LogP contribution >= 0.6 is 32.3 Å². The van der Waals surface area contributed by atoms with Crippen molar-refractivity contribution in [1.82, 2.24) is 2.95 Å². The molecule has 0 heterocycles. The molecule has 0 fully saturated rings. The first-order valence-corrected chi connectivity index (χ1v) is 3.88. The van der Waals surface area contributed by atoms with Gasteiger partial charge in [-0.25, -0.2) is 2.95 Å². The molecule has 4 nitrogen and oxygen atoms in total. The second kappa shape index (κ2) is 4.68. The molecule has 58 valence electrons. The van der Waals surface area contributed by atoms with Gasteiger partial charge in [0.05, 0.1) is 32.3 Å². The Kier molecular flexibility index (Phi) is 4.63. The Hall–Kier alpha value is -0.100. The number of amides is 2. The van der Waals surface area contributed by atoms with Crippen molar-refractivity contribution in [2.24, 2.45) is 5.73 Å². The molecule has 10 heavy (non-hydrogen) atoms. The maximum atomic E-state index is 10.7. The van der Waals surface area contributed by atoms with E-state index in [0.717, 1.165) is 2.95 Å². The van der Waals surface area contributed by atoms with Crippen LogP contribution in [-0.2, 0) is 9.59 Å². The van der Waals surface area contributed by atoms with E-state index in [4.69, 9.17) is 5.73 Å². The van der Waals surface area contributed by atoms with Crippen molar-refractivity contribution >= 4 is 44.1 Å². The molecule has 0 unspecified atom stereocenters. The molecule has 2 amide bonds. The second-order valence-electron chi connectivity index (χ2n) is 1.59. The van der Waals surface area contributed by atoms with E-state index in [1.54, 1.807) is 0 Å². The van der Waals surface area contributed by atoms with E-state index in [-0.39, 0.29) is 18.7 Å². The second-order valence-corrected chi connectivity index (χ2v) is 3.96. The lowest BCUT2D eigenvalue weighted by Crippen LogP contribution is -2.16. The third kappa shape index (κ3) is 4.75. The zero-order valence-corrected chi connectivity index (χ0v) is 8.18. The first-order valence-electron chi connectivity index (χ1n) is 2.47. The normalized spacial score (nSPS) is 9.00. The smallest absolute Gasteiger partial charge is 0.243 e. The van der Waals surface area contributed by atoms with E-state index in [2.05, 4.69) is 32.3 Å². The number of carbonyl (C=O) groups excluding carboxylic acids is 2. The summed E-state index contributed by atoms with van der Waals surface area (Å²) in [7, 11) is 0. The Morgan fingerprint density at radius 2 is 1.80 bits per heavy atom. The molecule has 0 aromatic carbocycles. The van der Waals surface area contributed by atoms with Gasteiger partial charge >= 0.3 is 0 Å². The third-order valence-electron chi connectivity index (χ3n) is 0.774. The Morgan fingerprint density at radius 3 is 2.10 bits per heavy atom. The predicted molar refractivity (Wildman–Crippen MR) is 43.1 cm³/mol. The van der Waals surface area contributed by atoms with Crippen LogP contribution in [0.25, 0.3) is 0 Å². The number of rotatable bonds is 3. The average molecular weight is 274 g/mol. The van der Waals surface area contributed by atoms with Crippen molar-refractivity contribution in [1.29, 1.82) is 0 Å². The van der Waals surface area contributed by atoms with Gasteiger partial charge in [0.2, 0.25) is 11.8 Å². The lowest BCUT2D eigenvalue weighted by atomic mass is 10.3. The van der Waals surface area contributed by atoms with Gasteiger partial charge in [-0.15, -0.1) is 0 Å². The SMILES string of the molecule is NC(=O)CCC(=O)N(Br)Br. The molecular formula is C4H6Br2N2O2. The molecular weight excluding hydrogens is 268 g/mol. The molecule has 6 heteroatoms. The van der Waals surface area contributed by atoms with Crippen LogP contribution < -0.4 is 5.73 Å². The Bertz CT molecular complexity index is 148. The molecule has 0 saturated carbocycles. The predicted octanol–water partition coefficient (Wildman–Crippen LogP) is 0.700. The fourth-order valence-electron chi connectivity index (χ4n) is 0.315. The van der Waals surface area contributed by atoms with Crippen molar-refractivity contribution in [3.63, 3.8) is 0 Å². The van der Waals surface area contributed by atoms with Gasteiger partial charge in [0.15, 0.2) is 0 Å². The van der Waals surface area contributed by atoms with Crippen LogP contribution in [0.5, 0.6) is 0 Å². The summed E-state index contributed by atoms with van der Waals surface area (Å²) >= 11 is 5.68. The molecule has 0 atom stereocenters. The van der Waals surface area contributed by atoms with Crippen LogP contribution in [0.2, 0.25) is 0 Å². The highest BCUT2D eigenvalue weighted by molar-refractivity contribution is 9.21. The topological polar surface area (TPSA) is 63.4 Å². The number of hydrogen-bond donors (Lipinski definition) is 1. The first kappa shape index (κ1) is 9.90. The fraction of sp³-hybridized carbons (Fsp3) is 0.500. The summed E-state index contributed by atoms with van der Waals surface area (Å²) in [6, 6.07) is 0. The standard InChI is InChI=1S/C4H6Br2N2O2/c5-8(6)4(10)2-1-3(7)9/h1-2H2,(H2,7,9). The molecule has 0 radical (unpaired) electrons. The Balaban J connectivity index is 3.50. The maximum Gasteiger partial charge on any atom is 0.243 e. The number of halogens is 2. The van der Waals surface area contributed by atoms with Crippen LogP contribution in [0, 0.1) is 0 Å². The highest BCUT2D eigenvalue weighted by Gasteiger charge is 2.07. The van der Waals surface area contributed by atoms with Crippen LogP contribution in [0.4, 0.5) is 0 Å². The van der Waals surface area contributed by atoms with E-state index in [1.807, 2.05) is 0 Å². The minimum atomic E-state index is -0.477. The van der Waals surface area contributed by atoms with Crippen molar-refractivity contribution in [2.45, 2.75) is 12.8 Å². The molecule has 0 aliphatic rings. The highest BCUT2D eigenvalue weighted by Crippen LogP contribution is 2.08. The van der Waals surface area contributed by atoms with Gasteiger partial charge in [-0.2, -0.15) is 0 Å². The van der Waals surface area contributed by atoms with Gasteiger partial charge in [0, 0.05) is 12.8 Å². The average Bonchev–Trinajstić information content (AvgIpc) is 1.82. The zero-order valence-electron chi connectivity index (χ0n) is 5.01. The van der Waals surface area contributed by atoms with Gasteiger partial charge in [-0.05, 0) is 0 Å². The lowest BCUT2D eigenvalue weighted by Gasteiger charge is -2.01. The number of hydrogen-bond acceptors (Lipinski definition) is 2. The summed E-state index contributed by atoms with van der Waals surface area (Å²) in [5.74, 6) is -0.714. The summed E-state index contributed by atoms with van der Waals surface area (Å²) in [5, 5.41) is 0. The van der Waals surface area contributed by atoms with Gasteiger partial charge < -0.3 is 5.73 Å².